The molecule has 5 nitrogen and oxygen atoms in total. The molecule has 0 spiro atoms. The summed E-state index contributed by atoms with van der Waals surface area (Å²) >= 11 is 24.0. The zero-order chi connectivity index (χ0) is 20.4. The van der Waals surface area contributed by atoms with Gasteiger partial charge in [0.25, 0.3) is 5.69 Å². The number of nitrogens with zero attached hydrogens (tertiary/aromatic N) is 2. The normalized spacial score (nSPS) is 10.7. The van der Waals surface area contributed by atoms with Gasteiger partial charge in [-0.15, -0.1) is 0 Å². The topological polar surface area (TPSA) is 73.1 Å². The lowest BCUT2D eigenvalue weighted by Crippen LogP contribution is -2.02. The number of ketones is 1. The zero-order valence-corrected chi connectivity index (χ0v) is 17.0. The van der Waals surface area contributed by atoms with E-state index < -0.39 is 4.92 Å². The van der Waals surface area contributed by atoms with Crippen molar-refractivity contribution in [2.45, 2.75) is 6.42 Å². The van der Waals surface area contributed by atoms with Crippen molar-refractivity contribution >= 4 is 57.9 Å². The molecule has 0 fully saturated rings. The van der Waals surface area contributed by atoms with E-state index in [1.54, 1.807) is 24.3 Å². The number of nitro benzene ring substituents is 1. The third-order valence-electron chi connectivity index (χ3n) is 3.99. The minimum absolute atomic E-state index is 0.130. The lowest BCUT2D eigenvalue weighted by molar-refractivity contribution is -0.384. The van der Waals surface area contributed by atoms with Crippen LogP contribution in [0.15, 0.2) is 48.7 Å². The number of benzene rings is 2. The highest BCUT2D eigenvalue weighted by Crippen LogP contribution is 2.32. The molecular weight excluding hydrogens is 446 g/mol. The highest BCUT2D eigenvalue weighted by molar-refractivity contribution is 6.41. The molecule has 0 radical (unpaired) electrons. The number of rotatable bonds is 5. The van der Waals surface area contributed by atoms with Gasteiger partial charge in [-0.25, -0.2) is 4.98 Å². The van der Waals surface area contributed by atoms with Crippen LogP contribution in [-0.4, -0.2) is 15.7 Å². The summed E-state index contributed by atoms with van der Waals surface area (Å²) in [5.41, 5.74) is 2.01. The second-order valence-electron chi connectivity index (χ2n) is 5.84. The predicted molar refractivity (Wildman–Crippen MR) is 110 cm³/mol. The Bertz CT molecular complexity index is 1060. The van der Waals surface area contributed by atoms with Crippen LogP contribution in [0.3, 0.4) is 0 Å². The molecule has 2 aromatic carbocycles. The summed E-state index contributed by atoms with van der Waals surface area (Å²) in [6, 6.07) is 10.8. The standard InChI is InChI=1S/C19H10Cl4N2O3/c20-15-7-13(25(27)28)8-16(21)14(15)5-10-1-3-11(4-2-10)18(26)12-6-17(22)19(23)24-9-12/h1-4,6-9H,5H2. The minimum Gasteiger partial charge on any atom is -0.289 e. The molecule has 0 atom stereocenters. The SMILES string of the molecule is O=C(c1ccc(Cc2c(Cl)cc([N+](=O)[O-])cc2Cl)cc1)c1cnc(Cl)c(Cl)c1. The van der Waals surface area contributed by atoms with Gasteiger partial charge in [0.15, 0.2) is 5.78 Å². The Kier molecular flexibility index (Phi) is 6.20. The average molecular weight is 456 g/mol. The van der Waals surface area contributed by atoms with Crippen LogP contribution in [0.25, 0.3) is 0 Å². The Morgan fingerprint density at radius 3 is 2.07 bits per heavy atom. The van der Waals surface area contributed by atoms with Crippen molar-refractivity contribution in [3.63, 3.8) is 0 Å². The molecule has 142 valence electrons. The molecule has 0 saturated heterocycles. The van der Waals surface area contributed by atoms with E-state index >= 15 is 0 Å². The second kappa shape index (κ2) is 8.45. The molecule has 0 unspecified atom stereocenters. The van der Waals surface area contributed by atoms with E-state index in [1.807, 2.05) is 0 Å². The largest absolute Gasteiger partial charge is 0.289 e. The summed E-state index contributed by atoms with van der Waals surface area (Å²) in [6.07, 6.45) is 1.72. The lowest BCUT2D eigenvalue weighted by Gasteiger charge is -2.08. The number of aromatic nitrogens is 1. The van der Waals surface area contributed by atoms with Crippen LogP contribution in [-0.2, 0) is 6.42 Å². The first-order chi connectivity index (χ1) is 13.3. The molecular formula is C19H10Cl4N2O3. The third kappa shape index (κ3) is 4.45. The van der Waals surface area contributed by atoms with E-state index in [1.165, 1.54) is 24.4 Å². The number of nitro groups is 1. The zero-order valence-electron chi connectivity index (χ0n) is 14.0. The monoisotopic (exact) mass is 454 g/mol. The van der Waals surface area contributed by atoms with E-state index in [9.17, 15) is 14.9 Å². The molecule has 3 aromatic rings. The Morgan fingerprint density at radius 1 is 0.929 bits per heavy atom. The number of hydrogen-bond donors (Lipinski definition) is 0. The molecule has 0 N–H and O–H groups in total. The van der Waals surface area contributed by atoms with Crippen molar-refractivity contribution < 1.29 is 9.72 Å². The second-order valence-corrected chi connectivity index (χ2v) is 7.42. The van der Waals surface area contributed by atoms with Crippen LogP contribution in [0, 0.1) is 10.1 Å². The first-order valence-corrected chi connectivity index (χ1v) is 9.34. The van der Waals surface area contributed by atoms with Gasteiger partial charge in [-0.3, -0.25) is 14.9 Å². The van der Waals surface area contributed by atoms with Gasteiger partial charge in [0.1, 0.15) is 5.15 Å². The van der Waals surface area contributed by atoms with Crippen molar-refractivity contribution in [2.24, 2.45) is 0 Å². The van der Waals surface area contributed by atoms with Crippen LogP contribution in [0.1, 0.15) is 27.0 Å². The first-order valence-electron chi connectivity index (χ1n) is 7.83. The van der Waals surface area contributed by atoms with Gasteiger partial charge < -0.3 is 0 Å². The van der Waals surface area contributed by atoms with Crippen molar-refractivity contribution in [3.05, 3.63) is 101 Å². The van der Waals surface area contributed by atoms with E-state index in [4.69, 9.17) is 46.4 Å². The summed E-state index contributed by atoms with van der Waals surface area (Å²) < 4.78 is 0. The van der Waals surface area contributed by atoms with Gasteiger partial charge >= 0.3 is 0 Å². The Labute approximate surface area is 180 Å². The van der Waals surface area contributed by atoms with Crippen molar-refractivity contribution in [1.82, 2.24) is 4.98 Å². The first kappa shape index (κ1) is 20.6. The highest BCUT2D eigenvalue weighted by Gasteiger charge is 2.16. The van der Waals surface area contributed by atoms with Gasteiger partial charge in [0.05, 0.1) is 20.0 Å². The summed E-state index contributed by atoms with van der Waals surface area (Å²) in [4.78, 5) is 26.7. The van der Waals surface area contributed by atoms with Gasteiger partial charge in [-0.2, -0.15) is 0 Å². The molecule has 0 amide bonds. The molecule has 0 saturated carbocycles. The Hall–Kier alpha value is -2.18. The number of halogens is 4. The van der Waals surface area contributed by atoms with Crippen LogP contribution in [0.4, 0.5) is 5.69 Å². The molecule has 0 aliphatic rings. The molecule has 3 rings (SSSR count). The maximum atomic E-state index is 12.5. The number of carbonyl (C=O) groups excluding carboxylic acids is 1. The van der Waals surface area contributed by atoms with Gasteiger partial charge in [-0.1, -0.05) is 70.7 Å². The fourth-order valence-corrected chi connectivity index (χ4v) is 3.43. The number of pyridine rings is 1. The molecule has 1 aromatic heterocycles. The van der Waals surface area contributed by atoms with E-state index in [0.717, 1.165) is 5.56 Å². The van der Waals surface area contributed by atoms with Crippen LogP contribution < -0.4 is 0 Å². The Balaban J connectivity index is 1.82. The molecule has 0 aliphatic carbocycles. The predicted octanol–water partition coefficient (Wildman–Crippen LogP) is 6.43. The van der Waals surface area contributed by atoms with E-state index in [-0.39, 0.29) is 31.7 Å². The highest BCUT2D eigenvalue weighted by atomic mass is 35.5. The smallest absolute Gasteiger partial charge is 0.272 e. The summed E-state index contributed by atoms with van der Waals surface area (Å²) in [5.74, 6) is -0.246. The molecule has 28 heavy (non-hydrogen) atoms. The van der Waals surface area contributed by atoms with Crippen molar-refractivity contribution in [1.29, 1.82) is 0 Å². The van der Waals surface area contributed by atoms with Crippen LogP contribution >= 0.6 is 46.4 Å². The summed E-state index contributed by atoms with van der Waals surface area (Å²) in [7, 11) is 0. The molecule has 0 aliphatic heterocycles. The van der Waals surface area contributed by atoms with Gasteiger partial charge in [0, 0.05) is 35.9 Å². The quantitative estimate of drug-likeness (QED) is 0.192. The van der Waals surface area contributed by atoms with Crippen LogP contribution in [0.2, 0.25) is 20.2 Å². The van der Waals surface area contributed by atoms with E-state index in [2.05, 4.69) is 4.98 Å². The van der Waals surface area contributed by atoms with Gasteiger partial charge in [0.2, 0.25) is 0 Å². The lowest BCUT2D eigenvalue weighted by atomic mass is 10.00. The fourth-order valence-electron chi connectivity index (χ4n) is 2.55. The molecule has 9 heteroatoms. The maximum Gasteiger partial charge on any atom is 0.272 e. The maximum absolute atomic E-state index is 12.5. The number of carbonyl (C=O) groups is 1. The van der Waals surface area contributed by atoms with Crippen molar-refractivity contribution in [2.75, 3.05) is 0 Å². The average Bonchev–Trinajstić information content (AvgIpc) is 2.66. The number of non-ortho nitro benzene ring substituents is 1. The van der Waals surface area contributed by atoms with E-state index in [0.29, 0.717) is 23.1 Å². The molecule has 1 heterocycles. The summed E-state index contributed by atoms with van der Waals surface area (Å²) in [5, 5.41) is 11.6. The van der Waals surface area contributed by atoms with Crippen LogP contribution in [0.5, 0.6) is 0 Å². The van der Waals surface area contributed by atoms with Gasteiger partial charge in [-0.05, 0) is 17.2 Å². The number of hydrogen-bond acceptors (Lipinski definition) is 4. The third-order valence-corrected chi connectivity index (χ3v) is 5.35. The van der Waals surface area contributed by atoms with Crippen molar-refractivity contribution in [3.8, 4) is 0 Å². The minimum atomic E-state index is -0.556. The fraction of sp³-hybridized carbons (Fsp3) is 0.0526. The summed E-state index contributed by atoms with van der Waals surface area (Å²) in [6.45, 7) is 0. The molecule has 0 bridgehead atoms. The Morgan fingerprint density at radius 2 is 1.54 bits per heavy atom.